The van der Waals surface area contributed by atoms with Crippen molar-refractivity contribution in [1.82, 2.24) is 0 Å². The second-order valence-electron chi connectivity index (χ2n) is 17.7. The van der Waals surface area contributed by atoms with Gasteiger partial charge >= 0.3 is 0 Å². The molecule has 0 amide bonds. The lowest BCUT2D eigenvalue weighted by Crippen LogP contribution is -2.14. The van der Waals surface area contributed by atoms with Gasteiger partial charge in [-0.1, -0.05) is 155 Å². The van der Waals surface area contributed by atoms with Crippen molar-refractivity contribution in [2.45, 2.75) is 38.5 Å². The van der Waals surface area contributed by atoms with Crippen LogP contribution in [-0.4, -0.2) is 0 Å². The molecule has 10 aromatic rings. The molecule has 2 aliphatic carbocycles. The Hall–Kier alpha value is -6.74. The summed E-state index contributed by atoms with van der Waals surface area (Å²) >= 11 is 1.91. The lowest BCUT2D eigenvalue weighted by Gasteiger charge is -2.27. The number of hydrogen-bond acceptors (Lipinski definition) is 2. The van der Waals surface area contributed by atoms with Crippen molar-refractivity contribution in [3.05, 3.63) is 210 Å². The maximum Gasteiger partial charge on any atom is 0.0468 e. The van der Waals surface area contributed by atoms with Crippen molar-refractivity contribution in [3.63, 3.8) is 0 Å². The van der Waals surface area contributed by atoms with Gasteiger partial charge in [0.2, 0.25) is 0 Å². The quantitative estimate of drug-likeness (QED) is 0.168. The van der Waals surface area contributed by atoms with Gasteiger partial charge in [0, 0.05) is 48.1 Å². The normalized spacial score (nSPS) is 14.3. The van der Waals surface area contributed by atoms with Crippen LogP contribution in [0.25, 0.3) is 75.5 Å². The van der Waals surface area contributed by atoms with E-state index in [1.807, 2.05) is 11.3 Å². The lowest BCUT2D eigenvalue weighted by atomic mass is 9.81. The molecule has 0 unspecified atom stereocenters. The Balaban J connectivity index is 1.04. The number of thiophene rings is 1. The fourth-order valence-corrected chi connectivity index (χ4v) is 11.7. The summed E-state index contributed by atoms with van der Waals surface area (Å²) < 4.78 is 2.65. The summed E-state index contributed by atoms with van der Waals surface area (Å²) in [6.45, 7) is 9.47. The average Bonchev–Trinajstić information content (AvgIpc) is 3.84. The van der Waals surface area contributed by atoms with Gasteiger partial charge < -0.3 is 4.90 Å². The molecular formula is C58H43NS. The van der Waals surface area contributed by atoms with Gasteiger partial charge in [-0.05, 0) is 138 Å². The third-order valence-corrected chi connectivity index (χ3v) is 14.8. The number of rotatable bonds is 5. The van der Waals surface area contributed by atoms with Crippen molar-refractivity contribution in [1.29, 1.82) is 0 Å². The van der Waals surface area contributed by atoms with Crippen molar-refractivity contribution in [2.24, 2.45) is 0 Å². The molecular weight excluding hydrogens is 743 g/mol. The Bertz CT molecular complexity index is 3390. The van der Waals surface area contributed by atoms with Crippen LogP contribution in [0.15, 0.2) is 188 Å². The van der Waals surface area contributed by atoms with Gasteiger partial charge in [0.1, 0.15) is 0 Å². The fraction of sp³-hybridized carbons (Fsp3) is 0.103. The molecule has 286 valence electrons. The summed E-state index contributed by atoms with van der Waals surface area (Å²) in [5.74, 6) is 0. The SMILES string of the molecule is CC1(C)c2ccccc2-c2ccc(-c3cccc(N(c4cccc(-c5cccc6ccccc56)c4)c4ccc5sc6cc7c(cc6c5c4)-c4ccccc4C7(C)C)c3)cc21. The molecule has 0 atom stereocenters. The van der Waals surface area contributed by atoms with Gasteiger partial charge in [-0.15, -0.1) is 11.3 Å². The number of anilines is 3. The molecule has 60 heavy (non-hydrogen) atoms. The molecule has 1 aromatic heterocycles. The molecule has 12 rings (SSSR count). The highest BCUT2D eigenvalue weighted by Gasteiger charge is 2.37. The van der Waals surface area contributed by atoms with Crippen LogP contribution in [-0.2, 0) is 10.8 Å². The molecule has 2 heteroatoms. The maximum absolute atomic E-state index is 2.47. The minimum absolute atomic E-state index is 0.0308. The second-order valence-corrected chi connectivity index (χ2v) is 18.8. The largest absolute Gasteiger partial charge is 0.310 e. The first-order valence-corrected chi connectivity index (χ1v) is 21.9. The molecule has 0 N–H and O–H groups in total. The summed E-state index contributed by atoms with van der Waals surface area (Å²) in [6, 6.07) is 70.5. The Labute approximate surface area is 355 Å². The molecule has 0 spiro atoms. The van der Waals surface area contributed by atoms with Gasteiger partial charge in [-0.3, -0.25) is 0 Å². The highest BCUT2D eigenvalue weighted by molar-refractivity contribution is 7.25. The molecule has 0 bridgehead atoms. The van der Waals surface area contributed by atoms with Gasteiger partial charge in [0.15, 0.2) is 0 Å². The van der Waals surface area contributed by atoms with E-state index in [2.05, 4.69) is 221 Å². The molecule has 0 saturated carbocycles. The van der Waals surface area contributed by atoms with E-state index in [4.69, 9.17) is 0 Å². The standard InChI is InChI=1S/C58H43NS/c1-57(2)51-24-9-7-21-45(51)47-28-26-38(32-53(47)57)37-16-11-18-40(30-37)59(41-19-12-17-39(31-41)44-23-13-15-36-14-5-6-20-43(36)44)42-27-29-55-49(33-42)50-34-48-46-22-8-10-25-52(46)58(3,4)54(48)35-56(50)60-55/h5-35H,1-4H3. The third-order valence-electron chi connectivity index (χ3n) is 13.6. The minimum atomic E-state index is -0.0652. The van der Waals surface area contributed by atoms with E-state index >= 15 is 0 Å². The molecule has 0 radical (unpaired) electrons. The predicted octanol–water partition coefficient (Wildman–Crippen LogP) is 16.6. The fourth-order valence-electron chi connectivity index (χ4n) is 10.5. The maximum atomic E-state index is 2.47. The molecule has 9 aromatic carbocycles. The van der Waals surface area contributed by atoms with Crippen molar-refractivity contribution in [2.75, 3.05) is 4.90 Å². The van der Waals surface area contributed by atoms with Crippen LogP contribution in [0.4, 0.5) is 17.1 Å². The van der Waals surface area contributed by atoms with Crippen molar-refractivity contribution < 1.29 is 0 Å². The van der Waals surface area contributed by atoms with Crippen LogP contribution in [0.5, 0.6) is 0 Å². The van der Waals surface area contributed by atoms with E-state index in [1.165, 1.54) is 97.7 Å². The topological polar surface area (TPSA) is 3.24 Å². The zero-order valence-corrected chi connectivity index (χ0v) is 35.1. The molecule has 1 nitrogen and oxygen atoms in total. The van der Waals surface area contributed by atoms with Gasteiger partial charge in [0.25, 0.3) is 0 Å². The Morgan fingerprint density at radius 2 is 0.883 bits per heavy atom. The smallest absolute Gasteiger partial charge is 0.0468 e. The summed E-state index contributed by atoms with van der Waals surface area (Å²) in [5.41, 5.74) is 19.2. The number of nitrogens with zero attached hydrogens (tertiary/aromatic N) is 1. The van der Waals surface area contributed by atoms with E-state index < -0.39 is 0 Å². The lowest BCUT2D eigenvalue weighted by molar-refractivity contribution is 0.660. The Morgan fingerprint density at radius 3 is 1.67 bits per heavy atom. The van der Waals surface area contributed by atoms with E-state index in [-0.39, 0.29) is 10.8 Å². The van der Waals surface area contributed by atoms with Gasteiger partial charge in [0.05, 0.1) is 0 Å². The third kappa shape index (κ3) is 5.17. The van der Waals surface area contributed by atoms with Gasteiger partial charge in [-0.2, -0.15) is 0 Å². The predicted molar refractivity (Wildman–Crippen MR) is 258 cm³/mol. The summed E-state index contributed by atoms with van der Waals surface area (Å²) in [5, 5.41) is 5.13. The summed E-state index contributed by atoms with van der Waals surface area (Å²) in [7, 11) is 0. The Morgan fingerprint density at radius 1 is 0.333 bits per heavy atom. The zero-order chi connectivity index (χ0) is 40.3. The summed E-state index contributed by atoms with van der Waals surface area (Å²) in [6.07, 6.45) is 0. The molecule has 2 aliphatic rings. The monoisotopic (exact) mass is 785 g/mol. The molecule has 0 fully saturated rings. The number of hydrogen-bond donors (Lipinski definition) is 0. The van der Waals surface area contributed by atoms with E-state index in [1.54, 1.807) is 0 Å². The second kappa shape index (κ2) is 12.9. The highest BCUT2D eigenvalue weighted by Crippen LogP contribution is 2.53. The van der Waals surface area contributed by atoms with Crippen LogP contribution in [0.2, 0.25) is 0 Å². The van der Waals surface area contributed by atoms with Crippen LogP contribution < -0.4 is 4.90 Å². The Kier molecular flexibility index (Phi) is 7.56. The molecule has 0 aliphatic heterocycles. The number of benzene rings is 9. The van der Waals surface area contributed by atoms with E-state index in [0.717, 1.165) is 17.1 Å². The first-order valence-electron chi connectivity index (χ1n) is 21.1. The number of fused-ring (bicyclic) bond motifs is 10. The van der Waals surface area contributed by atoms with Crippen LogP contribution in [0.1, 0.15) is 49.9 Å². The first-order chi connectivity index (χ1) is 29.2. The minimum Gasteiger partial charge on any atom is -0.310 e. The highest BCUT2D eigenvalue weighted by atomic mass is 32.1. The summed E-state index contributed by atoms with van der Waals surface area (Å²) in [4.78, 5) is 2.46. The molecule has 1 heterocycles. The van der Waals surface area contributed by atoms with E-state index in [0.29, 0.717) is 0 Å². The van der Waals surface area contributed by atoms with E-state index in [9.17, 15) is 0 Å². The van der Waals surface area contributed by atoms with Gasteiger partial charge in [-0.25, -0.2) is 0 Å². The van der Waals surface area contributed by atoms with Crippen LogP contribution in [0, 0.1) is 0 Å². The zero-order valence-electron chi connectivity index (χ0n) is 34.3. The average molecular weight is 786 g/mol. The van der Waals surface area contributed by atoms with Crippen molar-refractivity contribution >= 4 is 59.3 Å². The first kappa shape index (κ1) is 35.2. The van der Waals surface area contributed by atoms with Crippen LogP contribution >= 0.6 is 11.3 Å². The van der Waals surface area contributed by atoms with Crippen molar-refractivity contribution in [3.8, 4) is 44.5 Å². The molecule has 0 saturated heterocycles. The van der Waals surface area contributed by atoms with Crippen LogP contribution in [0.3, 0.4) is 0 Å².